The first kappa shape index (κ1) is 13.4. The van der Waals surface area contributed by atoms with Crippen LogP contribution in [-0.2, 0) is 4.74 Å². The molecule has 0 aromatic carbocycles. The summed E-state index contributed by atoms with van der Waals surface area (Å²) in [6, 6.07) is 3.52. The minimum atomic E-state index is -0.0536. The molecule has 1 heterocycles. The number of hydrogen-bond acceptors (Lipinski definition) is 4. The van der Waals surface area contributed by atoms with Crippen molar-refractivity contribution in [3.63, 3.8) is 0 Å². The number of nitrogens with one attached hydrogen (secondary N) is 1. The van der Waals surface area contributed by atoms with Crippen molar-refractivity contribution in [3.8, 4) is 0 Å². The molecule has 0 radical (unpaired) electrons. The average Bonchev–Trinajstić information content (AvgIpc) is 2.38. The summed E-state index contributed by atoms with van der Waals surface area (Å²) in [5.41, 5.74) is 0.578. The van der Waals surface area contributed by atoms with Crippen LogP contribution in [0.5, 0.6) is 0 Å². The molecule has 0 aliphatic heterocycles. The van der Waals surface area contributed by atoms with Crippen LogP contribution in [-0.4, -0.2) is 49.6 Å². The number of anilines is 1. The Morgan fingerprint density at radius 2 is 2.35 bits per heavy atom. The maximum Gasteiger partial charge on any atom is 0.257 e. The van der Waals surface area contributed by atoms with Crippen LogP contribution >= 0.6 is 0 Å². The van der Waals surface area contributed by atoms with Crippen molar-refractivity contribution >= 4 is 11.7 Å². The number of hydrogen-bond donors (Lipinski definition) is 1. The van der Waals surface area contributed by atoms with E-state index in [0.29, 0.717) is 31.1 Å². The summed E-state index contributed by atoms with van der Waals surface area (Å²) in [6.45, 7) is 3.72. The van der Waals surface area contributed by atoms with Crippen LogP contribution in [0.2, 0.25) is 0 Å². The number of ether oxygens (including phenoxy) is 1. The van der Waals surface area contributed by atoms with Crippen molar-refractivity contribution in [3.05, 3.63) is 23.9 Å². The summed E-state index contributed by atoms with van der Waals surface area (Å²) in [6.07, 6.45) is 1.66. The smallest absolute Gasteiger partial charge is 0.257 e. The van der Waals surface area contributed by atoms with Crippen LogP contribution in [0.15, 0.2) is 18.3 Å². The third kappa shape index (κ3) is 3.71. The van der Waals surface area contributed by atoms with E-state index in [1.54, 1.807) is 37.3 Å². The lowest BCUT2D eigenvalue weighted by molar-refractivity contribution is 0.0710. The lowest BCUT2D eigenvalue weighted by Crippen LogP contribution is -2.30. The molecule has 1 aromatic rings. The SMILES string of the molecule is CCOCCN(C)C(=O)c1cccnc1NC. The molecule has 5 heteroatoms. The number of nitrogens with zero attached hydrogens (tertiary/aromatic N) is 2. The van der Waals surface area contributed by atoms with Crippen LogP contribution in [0.1, 0.15) is 17.3 Å². The predicted octanol–water partition coefficient (Wildman–Crippen LogP) is 1.23. The van der Waals surface area contributed by atoms with Gasteiger partial charge in [-0.25, -0.2) is 4.98 Å². The molecule has 0 fully saturated rings. The first-order valence-electron chi connectivity index (χ1n) is 5.66. The third-order valence-corrected chi connectivity index (χ3v) is 2.40. The summed E-state index contributed by atoms with van der Waals surface area (Å²) in [4.78, 5) is 17.8. The molecular weight excluding hydrogens is 218 g/mol. The lowest BCUT2D eigenvalue weighted by atomic mass is 10.2. The van der Waals surface area contributed by atoms with Crippen LogP contribution in [0, 0.1) is 0 Å². The van der Waals surface area contributed by atoms with E-state index in [0.717, 1.165) is 0 Å². The molecule has 0 atom stereocenters. The Morgan fingerprint density at radius 1 is 1.59 bits per heavy atom. The fourth-order valence-corrected chi connectivity index (χ4v) is 1.43. The van der Waals surface area contributed by atoms with Crippen LogP contribution in [0.4, 0.5) is 5.82 Å². The molecule has 17 heavy (non-hydrogen) atoms. The van der Waals surface area contributed by atoms with Gasteiger partial charge in [0.1, 0.15) is 5.82 Å². The highest BCUT2D eigenvalue weighted by Crippen LogP contribution is 2.12. The Labute approximate surface area is 102 Å². The summed E-state index contributed by atoms with van der Waals surface area (Å²) >= 11 is 0. The number of likely N-dealkylation sites (N-methyl/N-ethyl adjacent to an activating group) is 1. The zero-order valence-corrected chi connectivity index (χ0v) is 10.6. The van der Waals surface area contributed by atoms with Crippen LogP contribution in [0.3, 0.4) is 0 Å². The molecule has 0 saturated carbocycles. The Hall–Kier alpha value is -1.62. The Balaban J connectivity index is 2.67. The van der Waals surface area contributed by atoms with Gasteiger partial charge >= 0.3 is 0 Å². The summed E-state index contributed by atoms with van der Waals surface area (Å²) in [5, 5.41) is 2.91. The van der Waals surface area contributed by atoms with Gasteiger partial charge < -0.3 is 15.0 Å². The highest BCUT2D eigenvalue weighted by atomic mass is 16.5. The number of amides is 1. The van der Waals surface area contributed by atoms with Gasteiger partial charge in [-0.1, -0.05) is 0 Å². The minimum Gasteiger partial charge on any atom is -0.380 e. The molecule has 0 aliphatic rings. The molecule has 1 aromatic heterocycles. The van der Waals surface area contributed by atoms with E-state index in [4.69, 9.17) is 4.74 Å². The maximum atomic E-state index is 12.1. The monoisotopic (exact) mass is 237 g/mol. The molecule has 0 bridgehead atoms. The largest absolute Gasteiger partial charge is 0.380 e. The fourth-order valence-electron chi connectivity index (χ4n) is 1.43. The molecule has 1 amide bonds. The van der Waals surface area contributed by atoms with Gasteiger partial charge in [-0.2, -0.15) is 0 Å². The normalized spacial score (nSPS) is 10.1. The number of carbonyl (C=O) groups is 1. The van der Waals surface area contributed by atoms with Crippen molar-refractivity contribution in [1.29, 1.82) is 0 Å². The van der Waals surface area contributed by atoms with Gasteiger partial charge in [0.15, 0.2) is 0 Å². The van der Waals surface area contributed by atoms with E-state index in [1.165, 1.54) is 0 Å². The van der Waals surface area contributed by atoms with Gasteiger partial charge in [0.05, 0.1) is 12.2 Å². The van der Waals surface area contributed by atoms with E-state index < -0.39 is 0 Å². The van der Waals surface area contributed by atoms with E-state index in [2.05, 4.69) is 10.3 Å². The van der Waals surface area contributed by atoms with Gasteiger partial charge in [0.2, 0.25) is 0 Å². The van der Waals surface area contributed by atoms with Crippen molar-refractivity contribution in [2.24, 2.45) is 0 Å². The standard InChI is InChI=1S/C12H19N3O2/c1-4-17-9-8-15(3)12(16)10-6-5-7-14-11(10)13-2/h5-7H,4,8-9H2,1-3H3,(H,13,14). The van der Waals surface area contributed by atoms with E-state index in [1.807, 2.05) is 6.92 Å². The molecule has 0 unspecified atom stereocenters. The van der Waals surface area contributed by atoms with Gasteiger partial charge in [0, 0.05) is 33.4 Å². The lowest BCUT2D eigenvalue weighted by Gasteiger charge is -2.18. The van der Waals surface area contributed by atoms with E-state index in [-0.39, 0.29) is 5.91 Å². The zero-order valence-electron chi connectivity index (χ0n) is 10.6. The van der Waals surface area contributed by atoms with Crippen molar-refractivity contribution in [2.45, 2.75) is 6.92 Å². The molecule has 5 nitrogen and oxygen atoms in total. The van der Waals surface area contributed by atoms with Crippen LogP contribution in [0.25, 0.3) is 0 Å². The van der Waals surface area contributed by atoms with Gasteiger partial charge in [0.25, 0.3) is 5.91 Å². The number of rotatable bonds is 6. The number of aromatic nitrogens is 1. The summed E-state index contributed by atoms with van der Waals surface area (Å²) in [7, 11) is 3.51. The molecule has 0 saturated heterocycles. The highest BCUT2D eigenvalue weighted by Gasteiger charge is 2.15. The number of carbonyl (C=O) groups excluding carboxylic acids is 1. The van der Waals surface area contributed by atoms with Gasteiger partial charge in [-0.05, 0) is 19.1 Å². The van der Waals surface area contributed by atoms with Gasteiger partial charge in [-0.15, -0.1) is 0 Å². The third-order valence-electron chi connectivity index (χ3n) is 2.40. The van der Waals surface area contributed by atoms with Crippen LogP contribution < -0.4 is 5.32 Å². The quantitative estimate of drug-likeness (QED) is 0.756. The highest BCUT2D eigenvalue weighted by molar-refractivity contribution is 5.98. The summed E-state index contributed by atoms with van der Waals surface area (Å²) in [5.74, 6) is 0.544. The Bertz CT molecular complexity index is 369. The van der Waals surface area contributed by atoms with Crippen molar-refractivity contribution < 1.29 is 9.53 Å². The van der Waals surface area contributed by atoms with Crippen molar-refractivity contribution in [1.82, 2.24) is 9.88 Å². The maximum absolute atomic E-state index is 12.1. The second kappa shape index (κ2) is 6.85. The topological polar surface area (TPSA) is 54.5 Å². The fraction of sp³-hybridized carbons (Fsp3) is 0.500. The van der Waals surface area contributed by atoms with Gasteiger partial charge in [-0.3, -0.25) is 4.79 Å². The van der Waals surface area contributed by atoms with E-state index >= 15 is 0 Å². The summed E-state index contributed by atoms with van der Waals surface area (Å²) < 4.78 is 5.22. The molecule has 1 rings (SSSR count). The second-order valence-corrected chi connectivity index (χ2v) is 3.57. The second-order valence-electron chi connectivity index (χ2n) is 3.57. The number of pyridine rings is 1. The average molecular weight is 237 g/mol. The molecule has 0 spiro atoms. The molecule has 94 valence electrons. The first-order chi connectivity index (χ1) is 8.20. The molecule has 1 N–H and O–H groups in total. The minimum absolute atomic E-state index is 0.0536. The Morgan fingerprint density at radius 3 is 3.00 bits per heavy atom. The van der Waals surface area contributed by atoms with Crippen molar-refractivity contribution in [2.75, 3.05) is 39.2 Å². The zero-order chi connectivity index (χ0) is 12.7. The van der Waals surface area contributed by atoms with E-state index in [9.17, 15) is 4.79 Å². The predicted molar refractivity (Wildman–Crippen MR) is 67.2 cm³/mol. The first-order valence-corrected chi connectivity index (χ1v) is 5.66. The molecule has 0 aliphatic carbocycles. The Kier molecular flexibility index (Phi) is 5.42. The molecular formula is C12H19N3O2.